The number of rotatable bonds is 5. The van der Waals surface area contributed by atoms with Gasteiger partial charge in [-0.1, -0.05) is 0 Å². The third kappa shape index (κ3) is 4.29. The fourth-order valence-electron chi connectivity index (χ4n) is 2.79. The molecule has 1 aromatic carbocycles. The molecule has 116 valence electrons. The minimum atomic E-state index is -0.337. The number of hydrogen-bond acceptors (Lipinski definition) is 4. The van der Waals surface area contributed by atoms with Gasteiger partial charge in [0.1, 0.15) is 0 Å². The van der Waals surface area contributed by atoms with E-state index in [0.717, 1.165) is 28.9 Å². The van der Waals surface area contributed by atoms with Crippen molar-refractivity contribution in [2.75, 3.05) is 24.5 Å². The molecular formula is C15H22IN3O2. The van der Waals surface area contributed by atoms with Gasteiger partial charge in [-0.25, -0.2) is 0 Å². The fourth-order valence-corrected chi connectivity index (χ4v) is 3.60. The SMILES string of the molecule is CC(C)N(CC1CCCNC1)c1ccc([N+](=O)[O-])cc1I. The van der Waals surface area contributed by atoms with E-state index in [2.05, 4.69) is 46.7 Å². The number of nitro groups is 1. The number of nitrogens with one attached hydrogen (secondary N) is 1. The maximum atomic E-state index is 10.9. The van der Waals surface area contributed by atoms with Crippen LogP contribution in [-0.4, -0.2) is 30.6 Å². The number of halogens is 1. The number of anilines is 1. The third-order valence-corrected chi connectivity index (χ3v) is 4.79. The first-order valence-corrected chi connectivity index (χ1v) is 8.48. The first kappa shape index (κ1) is 16.5. The minimum Gasteiger partial charge on any atom is -0.368 e. The largest absolute Gasteiger partial charge is 0.368 e. The number of piperidine rings is 1. The van der Waals surface area contributed by atoms with Crippen LogP contribution in [0.2, 0.25) is 0 Å². The normalized spacial score (nSPS) is 18.8. The highest BCUT2D eigenvalue weighted by atomic mass is 127. The molecule has 0 bridgehead atoms. The van der Waals surface area contributed by atoms with E-state index in [1.54, 1.807) is 12.1 Å². The van der Waals surface area contributed by atoms with Crippen molar-refractivity contribution in [3.63, 3.8) is 0 Å². The molecule has 1 saturated heterocycles. The molecule has 0 saturated carbocycles. The average molecular weight is 403 g/mol. The third-order valence-electron chi connectivity index (χ3n) is 3.93. The predicted octanol–water partition coefficient (Wildman–Crippen LogP) is 3.41. The summed E-state index contributed by atoms with van der Waals surface area (Å²) in [4.78, 5) is 12.9. The number of nitro benzene ring substituents is 1. The second kappa shape index (κ2) is 7.40. The molecule has 21 heavy (non-hydrogen) atoms. The Labute approximate surface area is 139 Å². The molecule has 5 nitrogen and oxygen atoms in total. The highest BCUT2D eigenvalue weighted by Gasteiger charge is 2.21. The van der Waals surface area contributed by atoms with E-state index in [4.69, 9.17) is 0 Å². The summed E-state index contributed by atoms with van der Waals surface area (Å²) < 4.78 is 0.944. The van der Waals surface area contributed by atoms with Crippen molar-refractivity contribution in [2.45, 2.75) is 32.7 Å². The molecule has 0 spiro atoms. The zero-order valence-corrected chi connectivity index (χ0v) is 14.7. The van der Waals surface area contributed by atoms with Gasteiger partial charge in [0.25, 0.3) is 5.69 Å². The molecule has 1 atom stereocenters. The van der Waals surface area contributed by atoms with Crippen LogP contribution in [0, 0.1) is 19.6 Å². The van der Waals surface area contributed by atoms with Crippen LogP contribution in [0.4, 0.5) is 11.4 Å². The van der Waals surface area contributed by atoms with E-state index in [1.807, 2.05) is 6.07 Å². The van der Waals surface area contributed by atoms with Crippen molar-refractivity contribution in [1.29, 1.82) is 0 Å². The molecule has 0 radical (unpaired) electrons. The van der Waals surface area contributed by atoms with Gasteiger partial charge in [-0.3, -0.25) is 10.1 Å². The van der Waals surface area contributed by atoms with Crippen molar-refractivity contribution in [2.24, 2.45) is 5.92 Å². The van der Waals surface area contributed by atoms with E-state index in [-0.39, 0.29) is 10.6 Å². The summed E-state index contributed by atoms with van der Waals surface area (Å²) in [5, 5.41) is 14.3. The van der Waals surface area contributed by atoms with Gasteiger partial charge in [0.2, 0.25) is 0 Å². The van der Waals surface area contributed by atoms with Crippen LogP contribution >= 0.6 is 22.6 Å². The zero-order valence-electron chi connectivity index (χ0n) is 12.5. The van der Waals surface area contributed by atoms with Gasteiger partial charge in [-0.2, -0.15) is 0 Å². The quantitative estimate of drug-likeness (QED) is 0.465. The monoisotopic (exact) mass is 403 g/mol. The Hall–Kier alpha value is -0.890. The second-order valence-corrected chi connectivity index (χ2v) is 7.01. The number of non-ortho nitro benzene ring substituents is 1. The van der Waals surface area contributed by atoms with E-state index >= 15 is 0 Å². The number of benzene rings is 1. The lowest BCUT2D eigenvalue weighted by Gasteiger charge is -2.35. The summed E-state index contributed by atoms with van der Waals surface area (Å²) in [5.74, 6) is 0.646. The molecule has 1 N–H and O–H groups in total. The Morgan fingerprint density at radius 1 is 1.52 bits per heavy atom. The van der Waals surface area contributed by atoms with E-state index < -0.39 is 0 Å². The average Bonchev–Trinajstić information content (AvgIpc) is 2.46. The van der Waals surface area contributed by atoms with Gasteiger partial charge in [0, 0.05) is 28.3 Å². The Balaban J connectivity index is 2.19. The van der Waals surface area contributed by atoms with Crippen molar-refractivity contribution >= 4 is 34.0 Å². The Morgan fingerprint density at radius 3 is 2.81 bits per heavy atom. The molecule has 1 heterocycles. The molecule has 6 heteroatoms. The van der Waals surface area contributed by atoms with Crippen LogP contribution in [-0.2, 0) is 0 Å². The van der Waals surface area contributed by atoms with Gasteiger partial charge < -0.3 is 10.2 Å². The lowest BCUT2D eigenvalue weighted by Crippen LogP contribution is -2.41. The Kier molecular flexibility index (Phi) is 5.80. The summed E-state index contributed by atoms with van der Waals surface area (Å²) in [7, 11) is 0. The van der Waals surface area contributed by atoms with Crippen molar-refractivity contribution in [3.05, 3.63) is 31.9 Å². The van der Waals surface area contributed by atoms with Crippen molar-refractivity contribution in [3.8, 4) is 0 Å². The molecule has 1 unspecified atom stereocenters. The van der Waals surface area contributed by atoms with Crippen LogP contribution in [0.5, 0.6) is 0 Å². The van der Waals surface area contributed by atoms with Gasteiger partial charge >= 0.3 is 0 Å². The predicted molar refractivity (Wildman–Crippen MR) is 93.9 cm³/mol. The van der Waals surface area contributed by atoms with Crippen molar-refractivity contribution in [1.82, 2.24) is 5.32 Å². The maximum Gasteiger partial charge on any atom is 0.270 e. The molecule has 2 rings (SSSR count). The second-order valence-electron chi connectivity index (χ2n) is 5.85. The highest BCUT2D eigenvalue weighted by Crippen LogP contribution is 2.29. The molecule has 1 aromatic rings. The summed E-state index contributed by atoms with van der Waals surface area (Å²) in [6, 6.07) is 5.52. The molecule has 0 aromatic heterocycles. The molecular weight excluding hydrogens is 381 g/mol. The van der Waals surface area contributed by atoms with Crippen LogP contribution in [0.1, 0.15) is 26.7 Å². The van der Waals surface area contributed by atoms with Crippen LogP contribution in [0.15, 0.2) is 18.2 Å². The number of nitrogens with zero attached hydrogens (tertiary/aromatic N) is 2. The highest BCUT2D eigenvalue weighted by molar-refractivity contribution is 14.1. The Bertz CT molecular complexity index is 502. The van der Waals surface area contributed by atoms with Crippen LogP contribution < -0.4 is 10.2 Å². The smallest absolute Gasteiger partial charge is 0.270 e. The number of hydrogen-bond donors (Lipinski definition) is 1. The summed E-state index contributed by atoms with van der Waals surface area (Å²) in [6.45, 7) is 7.53. The molecule has 1 fully saturated rings. The van der Waals surface area contributed by atoms with Crippen molar-refractivity contribution < 1.29 is 4.92 Å². The maximum absolute atomic E-state index is 10.9. The van der Waals surface area contributed by atoms with Gasteiger partial charge in [0.05, 0.1) is 10.6 Å². The standard InChI is InChI=1S/C15H22IN3O2/c1-11(2)18(10-12-4-3-7-17-9-12)15-6-5-13(19(20)21)8-14(15)16/h5-6,8,11-12,17H,3-4,7,9-10H2,1-2H3. The van der Waals surface area contributed by atoms with Gasteiger partial charge in [0.15, 0.2) is 0 Å². The minimum absolute atomic E-state index is 0.159. The molecule has 0 aliphatic carbocycles. The summed E-state index contributed by atoms with van der Waals surface area (Å²) in [5.41, 5.74) is 1.26. The molecule has 1 aliphatic heterocycles. The van der Waals surface area contributed by atoms with Gasteiger partial charge in [-0.15, -0.1) is 0 Å². The van der Waals surface area contributed by atoms with Crippen LogP contribution in [0.25, 0.3) is 0 Å². The fraction of sp³-hybridized carbons (Fsp3) is 0.600. The first-order chi connectivity index (χ1) is 9.99. The topological polar surface area (TPSA) is 58.4 Å². The lowest BCUT2D eigenvalue weighted by atomic mass is 9.98. The van der Waals surface area contributed by atoms with Crippen LogP contribution in [0.3, 0.4) is 0 Å². The lowest BCUT2D eigenvalue weighted by molar-refractivity contribution is -0.384. The van der Waals surface area contributed by atoms with E-state index in [1.165, 1.54) is 12.8 Å². The molecule has 0 amide bonds. The van der Waals surface area contributed by atoms with E-state index in [9.17, 15) is 10.1 Å². The zero-order chi connectivity index (χ0) is 15.4. The Morgan fingerprint density at radius 2 is 2.29 bits per heavy atom. The first-order valence-electron chi connectivity index (χ1n) is 7.40. The van der Waals surface area contributed by atoms with E-state index in [0.29, 0.717) is 12.0 Å². The summed E-state index contributed by atoms with van der Waals surface area (Å²) in [6.07, 6.45) is 2.48. The van der Waals surface area contributed by atoms with Gasteiger partial charge in [-0.05, 0) is 74.4 Å². The summed E-state index contributed by atoms with van der Waals surface area (Å²) >= 11 is 2.20. The molecule has 1 aliphatic rings.